The smallest absolute Gasteiger partial charge is 0.417 e. The van der Waals surface area contributed by atoms with Gasteiger partial charge in [0.2, 0.25) is 11.8 Å². The minimum atomic E-state index is -4.61. The first kappa shape index (κ1) is 23.3. The third-order valence-corrected chi connectivity index (χ3v) is 6.53. The fourth-order valence-corrected chi connectivity index (χ4v) is 5.27. The van der Waals surface area contributed by atoms with Gasteiger partial charge in [0.05, 0.1) is 5.56 Å². The number of alkyl halides is 3. The predicted molar refractivity (Wildman–Crippen MR) is 116 cm³/mol. The number of nitrogens with one attached hydrogen (secondary N) is 1. The summed E-state index contributed by atoms with van der Waals surface area (Å²) in [6, 6.07) is 2.90. The predicted octanol–water partition coefficient (Wildman–Crippen LogP) is 3.96. The van der Waals surface area contributed by atoms with Gasteiger partial charge in [-0.15, -0.1) is 10.2 Å². The maximum atomic E-state index is 13.6. The number of fused-ring (bicyclic) bond motifs is 2. The molecule has 5 rings (SSSR count). The van der Waals surface area contributed by atoms with E-state index >= 15 is 0 Å². The highest BCUT2D eigenvalue weighted by atomic mass is 19.4. The highest BCUT2D eigenvalue weighted by molar-refractivity contribution is 5.92. The Morgan fingerprint density at radius 3 is 2.80 bits per heavy atom. The number of urea groups is 1. The minimum absolute atomic E-state index is 0.0390. The van der Waals surface area contributed by atoms with Crippen molar-refractivity contribution < 1.29 is 27.1 Å². The summed E-state index contributed by atoms with van der Waals surface area (Å²) in [5, 5.41) is 14.9. The number of methoxy groups -OCH3 is 1. The number of anilines is 1. The van der Waals surface area contributed by atoms with Crippen molar-refractivity contribution in [1.82, 2.24) is 29.9 Å². The van der Waals surface area contributed by atoms with E-state index in [9.17, 15) is 18.0 Å². The van der Waals surface area contributed by atoms with Gasteiger partial charge in [-0.1, -0.05) is 6.92 Å². The number of hydrogen-bond donors (Lipinski definition) is 1. The first-order valence-corrected chi connectivity index (χ1v) is 11.1. The zero-order valence-corrected chi connectivity index (χ0v) is 19.3. The first-order chi connectivity index (χ1) is 16.6. The maximum absolute atomic E-state index is 13.6. The van der Waals surface area contributed by atoms with Crippen molar-refractivity contribution in [2.75, 3.05) is 12.4 Å². The molecule has 1 saturated carbocycles. The number of aryl methyl sites for hydroxylation is 1. The Bertz CT molecular complexity index is 1260. The van der Waals surface area contributed by atoms with E-state index in [1.54, 1.807) is 11.9 Å². The lowest BCUT2D eigenvalue weighted by atomic mass is 9.64. The molecular formula is C22H24F3N7O3. The monoisotopic (exact) mass is 491 g/mol. The average molecular weight is 491 g/mol. The molecule has 10 nitrogen and oxygen atoms in total. The molecule has 3 aromatic rings. The van der Waals surface area contributed by atoms with Crippen LogP contribution in [0.5, 0.6) is 0 Å². The van der Waals surface area contributed by atoms with Crippen molar-refractivity contribution in [3.8, 4) is 11.4 Å². The van der Waals surface area contributed by atoms with E-state index in [0.29, 0.717) is 30.5 Å². The molecule has 35 heavy (non-hydrogen) atoms. The molecule has 1 unspecified atom stereocenters. The summed E-state index contributed by atoms with van der Waals surface area (Å²) in [7, 11) is 3.08. The number of carbonyl (C=O) groups is 1. The van der Waals surface area contributed by atoms with Crippen LogP contribution in [0, 0.1) is 5.92 Å². The van der Waals surface area contributed by atoms with Gasteiger partial charge in [0.15, 0.2) is 5.82 Å². The van der Waals surface area contributed by atoms with Gasteiger partial charge in [-0.25, -0.2) is 9.78 Å². The number of ether oxygens (including phenoxy) is 1. The molecule has 1 saturated heterocycles. The van der Waals surface area contributed by atoms with Crippen LogP contribution in [-0.2, 0) is 30.1 Å². The van der Waals surface area contributed by atoms with Gasteiger partial charge in [0, 0.05) is 37.9 Å². The second-order valence-corrected chi connectivity index (χ2v) is 9.17. The number of carbonyl (C=O) groups excluding carboxylic acids is 1. The summed E-state index contributed by atoms with van der Waals surface area (Å²) in [4.78, 5) is 19.0. The van der Waals surface area contributed by atoms with Crippen LogP contribution in [-0.4, -0.2) is 49.0 Å². The fraction of sp³-hybridized carbons (Fsp3) is 0.500. The van der Waals surface area contributed by atoms with Crippen molar-refractivity contribution in [2.24, 2.45) is 13.0 Å². The molecule has 13 heteroatoms. The molecule has 1 aromatic carbocycles. The van der Waals surface area contributed by atoms with E-state index in [0.717, 1.165) is 12.5 Å². The van der Waals surface area contributed by atoms with E-state index in [2.05, 4.69) is 32.5 Å². The molecule has 1 aliphatic carbocycles. The van der Waals surface area contributed by atoms with Crippen molar-refractivity contribution in [3.05, 3.63) is 41.9 Å². The topological polar surface area (TPSA) is 111 Å². The Morgan fingerprint density at radius 1 is 1.31 bits per heavy atom. The van der Waals surface area contributed by atoms with Crippen LogP contribution in [0.4, 0.5) is 23.7 Å². The number of nitrogens with zero attached hydrogens (tertiary/aromatic N) is 6. The van der Waals surface area contributed by atoms with E-state index in [1.165, 1.54) is 30.3 Å². The van der Waals surface area contributed by atoms with Crippen LogP contribution in [0.25, 0.3) is 11.4 Å². The van der Waals surface area contributed by atoms with Gasteiger partial charge in [-0.05, 0) is 37.0 Å². The summed E-state index contributed by atoms with van der Waals surface area (Å²) in [5.74, 6) is 0.907. The molecule has 2 bridgehead atoms. The molecule has 2 fully saturated rings. The van der Waals surface area contributed by atoms with Crippen LogP contribution in [0.2, 0.25) is 0 Å². The molecule has 2 amide bonds. The quantitative estimate of drug-likeness (QED) is 0.575. The minimum Gasteiger partial charge on any atom is -0.420 e. The Hall–Kier alpha value is -3.48. The molecule has 2 aromatic heterocycles. The van der Waals surface area contributed by atoms with Gasteiger partial charge >= 0.3 is 12.2 Å². The molecule has 1 N–H and O–H groups in total. The van der Waals surface area contributed by atoms with Crippen molar-refractivity contribution in [2.45, 2.75) is 50.6 Å². The summed E-state index contributed by atoms with van der Waals surface area (Å²) in [6.07, 6.45) is -1.17. The molecule has 3 atom stereocenters. The number of likely N-dealkylation sites (tertiary alicyclic amines) is 1. The van der Waals surface area contributed by atoms with Gasteiger partial charge in [-0.2, -0.15) is 18.3 Å². The zero-order chi connectivity index (χ0) is 25.0. The summed E-state index contributed by atoms with van der Waals surface area (Å²) >= 11 is 0. The molecule has 0 spiro atoms. The largest absolute Gasteiger partial charge is 0.420 e. The number of halogens is 3. The standard InChI is InChI=1S/C22H24F3N7O3/c1-12-6-14-9-21(8-12,19-29-28-17(35-19)10-34-3)32(14)20(33)27-13-4-5-16(22(23,24)25)15(7-13)18-26-11-31(2)30-18/h4-5,7,11-12,14H,6,8-10H2,1-3H3,(H,27,33)/t12-,14+,21?/m0/s1. The van der Waals surface area contributed by atoms with Crippen molar-refractivity contribution in [3.63, 3.8) is 0 Å². The lowest BCUT2D eigenvalue weighted by Gasteiger charge is -2.61. The molecule has 3 heterocycles. The Kier molecular flexibility index (Phi) is 5.54. The van der Waals surface area contributed by atoms with Crippen LogP contribution in [0.1, 0.15) is 43.5 Å². The summed E-state index contributed by atoms with van der Waals surface area (Å²) in [6.45, 7) is 2.26. The Balaban J connectivity index is 1.45. The number of aromatic nitrogens is 5. The van der Waals surface area contributed by atoms with Crippen LogP contribution in [0.15, 0.2) is 28.9 Å². The highest BCUT2D eigenvalue weighted by Crippen LogP contribution is 2.55. The van der Waals surface area contributed by atoms with Gasteiger partial charge in [0.1, 0.15) is 18.5 Å². The fourth-order valence-electron chi connectivity index (χ4n) is 5.27. The van der Waals surface area contributed by atoms with Gasteiger partial charge in [-0.3, -0.25) is 4.68 Å². The van der Waals surface area contributed by atoms with E-state index in [4.69, 9.17) is 9.15 Å². The third-order valence-electron chi connectivity index (χ3n) is 6.53. The van der Waals surface area contributed by atoms with Crippen LogP contribution in [0.3, 0.4) is 0 Å². The number of rotatable bonds is 5. The number of piperidine rings is 1. The number of benzene rings is 1. The van der Waals surface area contributed by atoms with E-state index < -0.39 is 23.3 Å². The first-order valence-electron chi connectivity index (χ1n) is 11.1. The van der Waals surface area contributed by atoms with E-state index in [-0.39, 0.29) is 29.7 Å². The average Bonchev–Trinajstić information content (AvgIpc) is 3.42. The van der Waals surface area contributed by atoms with Crippen molar-refractivity contribution in [1.29, 1.82) is 0 Å². The second-order valence-electron chi connectivity index (χ2n) is 9.17. The highest BCUT2D eigenvalue weighted by Gasteiger charge is 2.62. The van der Waals surface area contributed by atoms with Crippen molar-refractivity contribution >= 4 is 11.7 Å². The zero-order valence-electron chi connectivity index (χ0n) is 19.3. The van der Waals surface area contributed by atoms with Crippen LogP contribution >= 0.6 is 0 Å². The van der Waals surface area contributed by atoms with Gasteiger partial charge < -0.3 is 19.4 Å². The maximum Gasteiger partial charge on any atom is 0.417 e. The molecule has 186 valence electrons. The van der Waals surface area contributed by atoms with Crippen LogP contribution < -0.4 is 5.32 Å². The second kappa shape index (κ2) is 8.33. The molecule has 0 radical (unpaired) electrons. The summed E-state index contributed by atoms with van der Waals surface area (Å²) < 4.78 is 53.0. The SMILES string of the molecule is COCc1nnc(C23C[C@@H](C)C[C@H](C2)N3C(=O)Nc2ccc(C(F)(F)F)c(-c3ncn(C)n3)c2)o1. The lowest BCUT2D eigenvalue weighted by Crippen LogP contribution is -2.70. The third kappa shape index (κ3) is 4.03. The molecule has 2 aliphatic rings. The lowest BCUT2D eigenvalue weighted by molar-refractivity contribution is -0.137. The van der Waals surface area contributed by atoms with Gasteiger partial charge in [0.25, 0.3) is 0 Å². The Morgan fingerprint density at radius 2 is 2.11 bits per heavy atom. The summed E-state index contributed by atoms with van der Waals surface area (Å²) in [5.41, 5.74) is -1.67. The Labute approximate surface area is 198 Å². The number of hydrogen-bond acceptors (Lipinski definition) is 7. The van der Waals surface area contributed by atoms with E-state index in [1.807, 2.05) is 0 Å². The number of amides is 2. The molecule has 1 aliphatic heterocycles. The molecular weight excluding hydrogens is 467 g/mol. The normalized spacial score (nSPS) is 23.8.